The van der Waals surface area contributed by atoms with E-state index in [0.29, 0.717) is 24.5 Å². The summed E-state index contributed by atoms with van der Waals surface area (Å²) in [4.78, 5) is 16.9. The van der Waals surface area contributed by atoms with Crippen molar-refractivity contribution in [2.24, 2.45) is 0 Å². The maximum Gasteiger partial charge on any atom is 0.251 e. The molecule has 31 heavy (non-hydrogen) atoms. The topological polar surface area (TPSA) is 63.2 Å². The van der Waals surface area contributed by atoms with Crippen molar-refractivity contribution in [3.05, 3.63) is 94.8 Å². The highest BCUT2D eigenvalue weighted by molar-refractivity contribution is 5.94. The van der Waals surface area contributed by atoms with Gasteiger partial charge in [-0.2, -0.15) is 0 Å². The highest BCUT2D eigenvalue weighted by Gasteiger charge is 2.19. The van der Waals surface area contributed by atoms with Crippen molar-refractivity contribution >= 4 is 30.7 Å². The van der Waals surface area contributed by atoms with Gasteiger partial charge in [-0.15, -0.1) is 24.8 Å². The average Bonchev–Trinajstić information content (AvgIpc) is 2.77. The van der Waals surface area contributed by atoms with E-state index in [1.165, 1.54) is 11.1 Å². The maximum atomic E-state index is 12.7. The van der Waals surface area contributed by atoms with Gasteiger partial charge in [0.2, 0.25) is 0 Å². The number of hydrogen-bond acceptors (Lipinski definition) is 4. The van der Waals surface area contributed by atoms with E-state index in [1.54, 1.807) is 6.20 Å². The highest BCUT2D eigenvalue weighted by atomic mass is 35.5. The summed E-state index contributed by atoms with van der Waals surface area (Å²) in [6, 6.07) is 19.9. The molecule has 164 valence electrons. The van der Waals surface area contributed by atoms with E-state index in [-0.39, 0.29) is 36.8 Å². The lowest BCUT2D eigenvalue weighted by atomic mass is 9.94. The van der Waals surface area contributed by atoms with Gasteiger partial charge in [0.15, 0.2) is 0 Å². The molecule has 0 radical (unpaired) electrons. The molecule has 5 nitrogen and oxygen atoms in total. The van der Waals surface area contributed by atoms with Gasteiger partial charge < -0.3 is 15.4 Å². The molecule has 2 N–H and O–H groups in total. The first-order chi connectivity index (χ1) is 14.2. The molecule has 0 aliphatic carbocycles. The van der Waals surface area contributed by atoms with Gasteiger partial charge in [0.1, 0.15) is 12.4 Å². The Morgan fingerprint density at radius 1 is 1.13 bits per heavy atom. The third-order valence-corrected chi connectivity index (χ3v) is 5.16. The number of pyridine rings is 1. The SMILES string of the molecule is Cc1ccc(OCc2cccc(C(=O)NCC3NCCc4ccccc43)c2)cn1.Cl.Cl. The fraction of sp³-hybridized carbons (Fsp3) is 0.250. The van der Waals surface area contributed by atoms with Crippen LogP contribution in [0.25, 0.3) is 0 Å². The van der Waals surface area contributed by atoms with Gasteiger partial charge in [-0.05, 0) is 60.8 Å². The third kappa shape index (κ3) is 6.44. The van der Waals surface area contributed by atoms with Crippen molar-refractivity contribution in [3.63, 3.8) is 0 Å². The first kappa shape index (κ1) is 24.7. The molecular weight excluding hydrogens is 433 g/mol. The van der Waals surface area contributed by atoms with E-state index < -0.39 is 0 Å². The molecule has 0 saturated carbocycles. The first-order valence-electron chi connectivity index (χ1n) is 9.93. The molecule has 0 saturated heterocycles. The van der Waals surface area contributed by atoms with Crippen molar-refractivity contribution in [2.45, 2.75) is 26.0 Å². The minimum absolute atomic E-state index is 0. The summed E-state index contributed by atoms with van der Waals surface area (Å²) < 4.78 is 5.77. The first-order valence-corrected chi connectivity index (χ1v) is 9.93. The van der Waals surface area contributed by atoms with Gasteiger partial charge in [0.25, 0.3) is 5.91 Å². The molecule has 1 aliphatic heterocycles. The Hall–Kier alpha value is -2.60. The molecule has 1 atom stereocenters. The molecule has 1 amide bonds. The number of nitrogens with zero attached hydrogens (tertiary/aromatic N) is 1. The largest absolute Gasteiger partial charge is 0.487 e. The molecule has 0 spiro atoms. The molecule has 2 aromatic carbocycles. The predicted octanol–water partition coefficient (Wildman–Crippen LogP) is 4.43. The highest BCUT2D eigenvalue weighted by Crippen LogP contribution is 2.22. The minimum atomic E-state index is -0.0753. The van der Waals surface area contributed by atoms with Crippen LogP contribution < -0.4 is 15.4 Å². The normalized spacial score (nSPS) is 14.4. The van der Waals surface area contributed by atoms with Gasteiger partial charge >= 0.3 is 0 Å². The summed E-state index contributed by atoms with van der Waals surface area (Å²) >= 11 is 0. The smallest absolute Gasteiger partial charge is 0.251 e. The molecule has 2 heterocycles. The second-order valence-electron chi connectivity index (χ2n) is 7.29. The number of fused-ring (bicyclic) bond motifs is 1. The molecule has 1 aliphatic rings. The van der Waals surface area contributed by atoms with Gasteiger partial charge in [-0.25, -0.2) is 0 Å². The maximum absolute atomic E-state index is 12.7. The number of nitrogens with one attached hydrogen (secondary N) is 2. The lowest BCUT2D eigenvalue weighted by Gasteiger charge is -2.27. The Balaban J connectivity index is 0.00000171. The Morgan fingerprint density at radius 2 is 1.97 bits per heavy atom. The van der Waals surface area contributed by atoms with Crippen molar-refractivity contribution < 1.29 is 9.53 Å². The lowest BCUT2D eigenvalue weighted by Crippen LogP contribution is -2.38. The molecule has 1 unspecified atom stereocenters. The zero-order chi connectivity index (χ0) is 20.1. The molecule has 0 fully saturated rings. The van der Waals surface area contributed by atoms with Gasteiger partial charge in [0.05, 0.1) is 6.20 Å². The summed E-state index contributed by atoms with van der Waals surface area (Å²) in [5, 5.41) is 6.56. The number of amides is 1. The summed E-state index contributed by atoms with van der Waals surface area (Å²) in [6.07, 6.45) is 2.74. The van der Waals surface area contributed by atoms with Crippen molar-refractivity contribution in [1.29, 1.82) is 0 Å². The van der Waals surface area contributed by atoms with Crippen molar-refractivity contribution in [2.75, 3.05) is 13.1 Å². The van der Waals surface area contributed by atoms with E-state index >= 15 is 0 Å². The Morgan fingerprint density at radius 3 is 2.77 bits per heavy atom. The van der Waals surface area contributed by atoms with E-state index in [0.717, 1.165) is 24.2 Å². The molecular formula is C24H27Cl2N3O2. The van der Waals surface area contributed by atoms with Crippen molar-refractivity contribution in [1.82, 2.24) is 15.6 Å². The Kier molecular flexibility index (Phi) is 9.31. The standard InChI is InChI=1S/C24H25N3O2.2ClH/c1-17-9-10-21(14-26-17)29-16-18-5-4-7-20(13-18)24(28)27-15-23-22-8-3-2-6-19(22)11-12-25-23;;/h2-10,13-14,23,25H,11-12,15-16H2,1H3,(H,27,28);2*1H. The number of carbonyl (C=O) groups excluding carboxylic acids is 1. The fourth-order valence-electron chi connectivity index (χ4n) is 3.58. The second kappa shape index (κ2) is 11.7. The quantitative estimate of drug-likeness (QED) is 0.572. The van der Waals surface area contributed by atoms with Crippen LogP contribution in [0.4, 0.5) is 0 Å². The Labute approximate surface area is 195 Å². The third-order valence-electron chi connectivity index (χ3n) is 5.16. The van der Waals surface area contributed by atoms with Crippen LogP contribution in [-0.4, -0.2) is 24.0 Å². The van der Waals surface area contributed by atoms with Crippen LogP contribution in [0.15, 0.2) is 66.9 Å². The summed E-state index contributed by atoms with van der Waals surface area (Å²) in [5.74, 6) is 0.640. The van der Waals surface area contributed by atoms with Gasteiger partial charge in [-0.1, -0.05) is 36.4 Å². The number of halogens is 2. The van der Waals surface area contributed by atoms with Crippen LogP contribution in [0.1, 0.15) is 38.8 Å². The van der Waals surface area contributed by atoms with E-state index in [2.05, 4.69) is 33.8 Å². The second-order valence-corrected chi connectivity index (χ2v) is 7.29. The van der Waals surface area contributed by atoms with E-state index in [9.17, 15) is 4.79 Å². The Bertz CT molecular complexity index is 996. The summed E-state index contributed by atoms with van der Waals surface area (Å²) in [6.45, 7) is 3.82. The molecule has 4 rings (SSSR count). The lowest BCUT2D eigenvalue weighted by molar-refractivity contribution is 0.0949. The fourth-order valence-corrected chi connectivity index (χ4v) is 3.58. The minimum Gasteiger partial charge on any atom is -0.487 e. The van der Waals surface area contributed by atoms with Gasteiger partial charge in [0, 0.05) is 23.8 Å². The predicted molar refractivity (Wildman–Crippen MR) is 127 cm³/mol. The number of benzene rings is 2. The van der Waals surface area contributed by atoms with Crippen LogP contribution in [0.5, 0.6) is 5.75 Å². The number of carbonyl (C=O) groups is 1. The monoisotopic (exact) mass is 459 g/mol. The van der Waals surface area contributed by atoms with E-state index in [4.69, 9.17) is 4.74 Å². The number of ether oxygens (including phenoxy) is 1. The van der Waals surface area contributed by atoms with Crippen LogP contribution in [0, 0.1) is 6.92 Å². The van der Waals surface area contributed by atoms with Crippen LogP contribution >= 0.6 is 24.8 Å². The summed E-state index contributed by atoms with van der Waals surface area (Å²) in [5.41, 5.74) is 5.16. The van der Waals surface area contributed by atoms with E-state index in [1.807, 2.05) is 49.4 Å². The van der Waals surface area contributed by atoms with Crippen LogP contribution in [0.2, 0.25) is 0 Å². The number of aromatic nitrogens is 1. The number of hydrogen-bond donors (Lipinski definition) is 2. The molecule has 0 bridgehead atoms. The zero-order valence-electron chi connectivity index (χ0n) is 17.3. The number of rotatable bonds is 6. The molecule has 1 aromatic heterocycles. The average molecular weight is 460 g/mol. The van der Waals surface area contributed by atoms with Crippen LogP contribution in [0.3, 0.4) is 0 Å². The zero-order valence-corrected chi connectivity index (χ0v) is 19.0. The summed E-state index contributed by atoms with van der Waals surface area (Å²) in [7, 11) is 0. The van der Waals surface area contributed by atoms with Crippen LogP contribution in [-0.2, 0) is 13.0 Å². The van der Waals surface area contributed by atoms with Gasteiger partial charge in [-0.3, -0.25) is 9.78 Å². The number of aryl methyl sites for hydroxylation is 1. The molecule has 3 aromatic rings. The van der Waals surface area contributed by atoms with Crippen molar-refractivity contribution in [3.8, 4) is 5.75 Å². The molecule has 7 heteroatoms.